The minimum absolute atomic E-state index is 0.831. The van der Waals surface area contributed by atoms with Crippen LogP contribution in [0.5, 0.6) is 0 Å². The molecule has 2 nitrogen and oxygen atoms in total. The van der Waals surface area contributed by atoms with Gasteiger partial charge in [0.05, 0.1) is 0 Å². The predicted octanol–water partition coefficient (Wildman–Crippen LogP) is 1.64. The molecule has 8 heavy (non-hydrogen) atoms. The number of hydrogen-bond donors (Lipinski definition) is 0. The van der Waals surface area contributed by atoms with Gasteiger partial charge in [-0.1, -0.05) is 13.5 Å². The van der Waals surface area contributed by atoms with Crippen LogP contribution in [0.2, 0.25) is 0 Å². The van der Waals surface area contributed by atoms with E-state index in [0.29, 0.717) is 0 Å². The molecule has 0 aliphatic carbocycles. The molecule has 0 saturated heterocycles. The molecule has 0 spiro atoms. The summed E-state index contributed by atoms with van der Waals surface area (Å²) >= 11 is 0. The van der Waals surface area contributed by atoms with Gasteiger partial charge in [-0.2, -0.15) is 0 Å². The minimum Gasteiger partial charge on any atom is -0.253 e. The fourth-order valence-corrected chi connectivity index (χ4v) is 0.214. The van der Waals surface area contributed by atoms with Crippen LogP contribution < -0.4 is 0 Å². The smallest absolute Gasteiger partial charge is 0.114 e. The van der Waals surface area contributed by atoms with Gasteiger partial charge in [-0.25, -0.2) is 4.99 Å². The maximum Gasteiger partial charge on any atom is 0.114 e. The van der Waals surface area contributed by atoms with Crippen LogP contribution in [0, 0.1) is 0 Å². The zero-order valence-corrected chi connectivity index (χ0v) is 5.09. The van der Waals surface area contributed by atoms with Gasteiger partial charge in [0.2, 0.25) is 0 Å². The molecule has 0 unspecified atom stereocenters. The van der Waals surface area contributed by atoms with E-state index in [2.05, 4.69) is 23.3 Å². The van der Waals surface area contributed by atoms with Crippen LogP contribution in [-0.2, 0) is 0 Å². The highest BCUT2D eigenvalue weighted by molar-refractivity contribution is 5.63. The van der Waals surface area contributed by atoms with Crippen molar-refractivity contribution in [1.82, 2.24) is 0 Å². The van der Waals surface area contributed by atoms with Crippen LogP contribution >= 0.6 is 0 Å². The number of hydrogen-bond acceptors (Lipinski definition) is 1. The van der Waals surface area contributed by atoms with Crippen molar-refractivity contribution in [2.24, 2.45) is 9.98 Å². The first-order valence-corrected chi connectivity index (χ1v) is 2.47. The van der Waals surface area contributed by atoms with E-state index in [9.17, 15) is 0 Å². The summed E-state index contributed by atoms with van der Waals surface area (Å²) in [7, 11) is 0. The topological polar surface area (TPSA) is 24.7 Å². The van der Waals surface area contributed by atoms with E-state index in [4.69, 9.17) is 0 Å². The fourth-order valence-electron chi connectivity index (χ4n) is 0.214. The van der Waals surface area contributed by atoms with Gasteiger partial charge in [-0.3, -0.25) is 4.99 Å². The molecule has 2 heteroatoms. The molecule has 44 valence electrons. The van der Waals surface area contributed by atoms with E-state index < -0.39 is 0 Å². The zero-order valence-electron chi connectivity index (χ0n) is 5.09. The Morgan fingerprint density at radius 1 is 1.75 bits per heavy atom. The molecule has 0 aliphatic heterocycles. The van der Waals surface area contributed by atoms with E-state index in [1.165, 1.54) is 6.34 Å². The van der Waals surface area contributed by atoms with E-state index >= 15 is 0 Å². The molecule has 0 saturated carbocycles. The van der Waals surface area contributed by atoms with E-state index in [0.717, 1.165) is 12.1 Å². The van der Waals surface area contributed by atoms with Crippen molar-refractivity contribution < 1.29 is 0 Å². The number of nitrogens with zero attached hydrogens (tertiary/aromatic N) is 2. The predicted molar refractivity (Wildman–Crippen MR) is 37.5 cm³/mol. The van der Waals surface area contributed by atoms with Crippen molar-refractivity contribution in [3.05, 3.63) is 12.3 Å². The van der Waals surface area contributed by atoms with Gasteiger partial charge in [-0.15, -0.1) is 0 Å². The average Bonchev–Trinajstić information content (AvgIpc) is 1.83. The Morgan fingerprint density at radius 2 is 2.38 bits per heavy atom. The van der Waals surface area contributed by atoms with Crippen LogP contribution in [0.4, 0.5) is 0 Å². The third-order valence-corrected chi connectivity index (χ3v) is 0.730. The van der Waals surface area contributed by atoms with Gasteiger partial charge in [0.15, 0.2) is 0 Å². The molecule has 0 rings (SSSR count). The summed E-state index contributed by atoms with van der Waals surface area (Å²) in [6.07, 6.45) is 2.26. The molecule has 0 aliphatic rings. The van der Waals surface area contributed by atoms with Crippen molar-refractivity contribution in [3.63, 3.8) is 0 Å². The van der Waals surface area contributed by atoms with Crippen LogP contribution in [-0.4, -0.2) is 13.1 Å². The maximum absolute atomic E-state index is 3.81. The second kappa shape index (κ2) is 4.24. The molecular formula is C6H10N2. The molecule has 0 atom stereocenters. The first-order chi connectivity index (χ1) is 3.81. The van der Waals surface area contributed by atoms with Crippen molar-refractivity contribution in [2.75, 3.05) is 0 Å². The average molecular weight is 110 g/mol. The highest BCUT2D eigenvalue weighted by Crippen LogP contribution is 1.94. The van der Waals surface area contributed by atoms with Gasteiger partial charge in [0.1, 0.15) is 6.34 Å². The maximum atomic E-state index is 3.81. The number of rotatable bonds is 3. The molecule has 0 N–H and O–H groups in total. The summed E-state index contributed by atoms with van der Waals surface area (Å²) in [5.41, 5.74) is 0.831. The Kier molecular flexibility index (Phi) is 3.76. The molecule has 0 fully saturated rings. The SMILES string of the molecule is C=NC=NC(=C)CC. The molecule has 0 bridgehead atoms. The standard InChI is InChI=1S/C6H10N2/c1-4-6(2)8-5-7-3/h5H,2-4H2,1H3. The Morgan fingerprint density at radius 3 is 2.75 bits per heavy atom. The largest absolute Gasteiger partial charge is 0.253 e. The quantitative estimate of drug-likeness (QED) is 0.389. The lowest BCUT2D eigenvalue weighted by molar-refractivity contribution is 1.08. The molecule has 0 aromatic rings. The van der Waals surface area contributed by atoms with Crippen LogP contribution in [0.15, 0.2) is 22.3 Å². The normalized spacial score (nSPS) is 9.62. The van der Waals surface area contributed by atoms with E-state index in [-0.39, 0.29) is 0 Å². The minimum atomic E-state index is 0.831. The van der Waals surface area contributed by atoms with Gasteiger partial charge >= 0.3 is 0 Å². The van der Waals surface area contributed by atoms with Crippen LogP contribution in [0.1, 0.15) is 13.3 Å². The van der Waals surface area contributed by atoms with Crippen LogP contribution in [0.3, 0.4) is 0 Å². The lowest BCUT2D eigenvalue weighted by atomic mass is 10.4. The van der Waals surface area contributed by atoms with E-state index in [1.54, 1.807) is 0 Å². The molecular weight excluding hydrogens is 100 g/mol. The highest BCUT2D eigenvalue weighted by atomic mass is 14.8. The van der Waals surface area contributed by atoms with Crippen molar-refractivity contribution >= 4 is 13.1 Å². The molecule has 0 aromatic carbocycles. The summed E-state index contributed by atoms with van der Waals surface area (Å²) in [6, 6.07) is 0. The number of aliphatic imine (C=N–C) groups is 2. The summed E-state index contributed by atoms with van der Waals surface area (Å²) < 4.78 is 0. The summed E-state index contributed by atoms with van der Waals surface area (Å²) in [6.45, 7) is 8.84. The van der Waals surface area contributed by atoms with Crippen molar-refractivity contribution in [3.8, 4) is 0 Å². The van der Waals surface area contributed by atoms with Gasteiger partial charge < -0.3 is 0 Å². The lowest BCUT2D eigenvalue weighted by Gasteiger charge is -1.85. The zero-order chi connectivity index (χ0) is 6.41. The van der Waals surface area contributed by atoms with Crippen LogP contribution in [0.25, 0.3) is 0 Å². The third kappa shape index (κ3) is 3.28. The van der Waals surface area contributed by atoms with Crippen molar-refractivity contribution in [2.45, 2.75) is 13.3 Å². The van der Waals surface area contributed by atoms with Crippen molar-refractivity contribution in [1.29, 1.82) is 0 Å². The van der Waals surface area contributed by atoms with Gasteiger partial charge in [0.25, 0.3) is 0 Å². The first kappa shape index (κ1) is 7.08. The Bertz CT molecular complexity index is 114. The third-order valence-electron chi connectivity index (χ3n) is 0.730. The highest BCUT2D eigenvalue weighted by Gasteiger charge is 1.77. The fraction of sp³-hybridized carbons (Fsp3) is 0.333. The molecule has 0 aromatic heterocycles. The molecule has 0 radical (unpaired) electrons. The summed E-state index contributed by atoms with van der Waals surface area (Å²) in [5.74, 6) is 0. The first-order valence-electron chi connectivity index (χ1n) is 2.47. The summed E-state index contributed by atoms with van der Waals surface area (Å²) in [4.78, 5) is 7.23. The summed E-state index contributed by atoms with van der Waals surface area (Å²) in [5, 5.41) is 0. The monoisotopic (exact) mass is 110 g/mol. The Balaban J connectivity index is 3.52. The number of allylic oxidation sites excluding steroid dienone is 1. The van der Waals surface area contributed by atoms with Gasteiger partial charge in [-0.05, 0) is 13.1 Å². The molecule has 0 heterocycles. The van der Waals surface area contributed by atoms with E-state index in [1.807, 2.05) is 6.92 Å². The second-order valence-electron chi connectivity index (χ2n) is 1.35. The Hall–Kier alpha value is -0.920. The second-order valence-corrected chi connectivity index (χ2v) is 1.35. The molecule has 0 amide bonds. The lowest BCUT2D eigenvalue weighted by Crippen LogP contribution is -1.70. The van der Waals surface area contributed by atoms with Gasteiger partial charge in [0, 0.05) is 5.70 Å². The Labute approximate surface area is 49.7 Å².